The maximum atomic E-state index is 11.2. The topological polar surface area (TPSA) is 157 Å². The van der Waals surface area contributed by atoms with Crippen molar-refractivity contribution in [2.45, 2.75) is 85.0 Å². The smallest absolute Gasteiger partial charge is 0.545 e. The average molecular weight is 1210 g/mol. The van der Waals surface area contributed by atoms with Gasteiger partial charge in [0.25, 0.3) is 12.9 Å². The molecule has 10 aromatic rings. The number of carbonyl (C=O) groups excluding carboxylic acids is 3. The van der Waals surface area contributed by atoms with Crippen molar-refractivity contribution in [3.63, 3.8) is 0 Å². The van der Waals surface area contributed by atoms with Crippen LogP contribution < -0.4 is 14.6 Å². The van der Waals surface area contributed by atoms with Crippen LogP contribution in [-0.2, 0) is 41.9 Å². The molecule has 0 N–H and O–H groups in total. The van der Waals surface area contributed by atoms with E-state index < -0.39 is 5.97 Å². The molecule has 11 nitrogen and oxygen atoms in total. The maximum absolute atomic E-state index is 11.2. The van der Waals surface area contributed by atoms with Gasteiger partial charge in [0.05, 0.1) is 40.1 Å². The van der Waals surface area contributed by atoms with Gasteiger partial charge in [0.1, 0.15) is 11.5 Å². The summed E-state index contributed by atoms with van der Waals surface area (Å²) in [5, 5.41) is 11.2. The Morgan fingerprint density at radius 1 is 0.506 bits per heavy atom. The van der Waals surface area contributed by atoms with E-state index in [2.05, 4.69) is 113 Å². The zero-order valence-electron chi connectivity index (χ0n) is 43.8. The zero-order chi connectivity index (χ0) is 54.2. The molecule has 9 aromatic heterocycles. The van der Waals surface area contributed by atoms with E-state index in [4.69, 9.17) is 14.5 Å². The zero-order valence-corrected chi connectivity index (χ0v) is 48.8. The van der Waals surface area contributed by atoms with Crippen LogP contribution in [0, 0.1) is 13.0 Å². The van der Waals surface area contributed by atoms with E-state index in [1.807, 2.05) is 64.5 Å². The molecule has 1 aromatic carbocycles. The molecule has 0 amide bonds. The Balaban J connectivity index is 0.000000212. The molecule has 16 heteroatoms. The predicted octanol–water partition coefficient (Wildman–Crippen LogP) is 15.7. The molecule has 0 bridgehead atoms. The van der Waals surface area contributed by atoms with E-state index in [1.165, 1.54) is 163 Å². The van der Waals surface area contributed by atoms with E-state index in [9.17, 15) is 19.5 Å². The number of hydrogen-bond acceptors (Lipinski definition) is 15. The number of nitrogens with zero attached hydrogens (tertiary/aromatic N) is 5. The molecule has 10 rings (SSSR count). The number of ether oxygens (including phenoxy) is 2. The van der Waals surface area contributed by atoms with Crippen LogP contribution in [-0.4, -0.2) is 43.8 Å². The van der Waals surface area contributed by atoms with Gasteiger partial charge in [-0.1, -0.05) is 64.0 Å². The summed E-state index contributed by atoms with van der Waals surface area (Å²) >= 11 is 7.65. The Morgan fingerprint density at radius 2 is 0.987 bits per heavy atom. The first-order valence-corrected chi connectivity index (χ1v) is 29.2. The number of aromatic carboxylic acids is 1. The quantitative estimate of drug-likeness (QED) is 0.0260. The number of aryl methyl sites for hydroxylation is 3. The van der Waals surface area contributed by atoms with E-state index >= 15 is 0 Å². The first-order valence-electron chi connectivity index (χ1n) is 25.9. The SMILES string of the molecule is CCCCCCc1ccc(-c2ccc(-c3cc[c-]c(-c4cc(-c5ccc(-c6ccc(CCCCCC)s6)s5)ccn4)c3)s2)s1.Cc1cc(-c2cc(C(=O)[O-])ccn2)nc(-c2cc(OC=O)cc(-c3cc(OC=O)ccn3)n2)c1.[Ru+]. The van der Waals surface area contributed by atoms with Crippen molar-refractivity contribution in [1.29, 1.82) is 0 Å². The number of aromatic nitrogens is 5. The van der Waals surface area contributed by atoms with Crippen LogP contribution in [0.2, 0.25) is 0 Å². The van der Waals surface area contributed by atoms with Crippen molar-refractivity contribution in [2.24, 2.45) is 0 Å². The van der Waals surface area contributed by atoms with E-state index in [0.29, 0.717) is 40.6 Å². The Hall–Kier alpha value is -7.20. The van der Waals surface area contributed by atoms with Crippen molar-refractivity contribution in [3.05, 3.63) is 173 Å². The fraction of sp³-hybridized carbons (Fsp3) is 0.206. The Bertz CT molecular complexity index is 3530. The molecule has 0 aliphatic rings. The summed E-state index contributed by atoms with van der Waals surface area (Å²) in [5.41, 5.74) is 7.47. The largest absolute Gasteiger partial charge is 1.00 e. The van der Waals surface area contributed by atoms with Crippen LogP contribution in [0.5, 0.6) is 11.5 Å². The van der Waals surface area contributed by atoms with Crippen molar-refractivity contribution in [3.8, 4) is 97.3 Å². The minimum absolute atomic E-state index is 0. The third kappa shape index (κ3) is 15.6. The molecular formula is C63H55N5O6RuS4-. The van der Waals surface area contributed by atoms with Crippen LogP contribution in [0.3, 0.4) is 0 Å². The second kappa shape index (κ2) is 28.6. The van der Waals surface area contributed by atoms with Gasteiger partial charge in [-0.05, 0) is 134 Å². The summed E-state index contributed by atoms with van der Waals surface area (Å²) in [6, 6.07) is 44.8. The fourth-order valence-corrected chi connectivity index (χ4v) is 13.0. The second-order valence-corrected chi connectivity index (χ2v) is 22.9. The molecule has 0 fully saturated rings. The Labute approximate surface area is 489 Å². The third-order valence-corrected chi connectivity index (χ3v) is 17.6. The summed E-state index contributed by atoms with van der Waals surface area (Å²) < 4.78 is 9.91. The summed E-state index contributed by atoms with van der Waals surface area (Å²) in [6.45, 7) is 6.97. The van der Waals surface area contributed by atoms with Crippen LogP contribution in [0.1, 0.15) is 90.9 Å². The molecule has 9 heterocycles. The predicted molar refractivity (Wildman–Crippen MR) is 314 cm³/mol. The molecule has 0 spiro atoms. The Kier molecular flexibility index (Phi) is 21.0. The van der Waals surface area contributed by atoms with Crippen LogP contribution >= 0.6 is 45.3 Å². The molecule has 0 aliphatic carbocycles. The summed E-state index contributed by atoms with van der Waals surface area (Å²) in [6.07, 6.45) is 17.7. The summed E-state index contributed by atoms with van der Waals surface area (Å²) in [5.74, 6) is -0.866. The molecule has 0 unspecified atom stereocenters. The van der Waals surface area contributed by atoms with E-state index in [0.717, 1.165) is 16.8 Å². The number of hydrogen-bond donors (Lipinski definition) is 0. The maximum Gasteiger partial charge on any atom is 1.00 e. The minimum Gasteiger partial charge on any atom is -0.545 e. The molecule has 0 atom stereocenters. The molecule has 79 heavy (non-hydrogen) atoms. The van der Waals surface area contributed by atoms with Crippen LogP contribution in [0.4, 0.5) is 0 Å². The Morgan fingerprint density at radius 3 is 1.59 bits per heavy atom. The van der Waals surface area contributed by atoms with Gasteiger partial charge in [-0.15, -0.1) is 75.2 Å². The number of pyridine rings is 5. The standard InChI is InChI=1S/C39H40NS4.C24H16N4O6.Ru/c1-3-5-7-9-14-31-16-18-36(41-31)38-22-20-34(43-38)29-13-11-12-28(26-29)33-27-30(24-25-40-33)35-21-23-39(44-35)37-19-17-32(42-37)15-10-8-6-4-2;1-14-6-20(18-8-15(24(31)32)2-4-25-18)27-21(7-14)23-11-17(34-13-30)10-22(28-23)19-9-16(33-12-29)3-5-26-19;/h11,13,16-27H,3-10,14-15H2,1-2H3;2-13H,1H3,(H,31,32);/q-1;;+1/p-1. The molecular weight excluding hydrogens is 1150 g/mol. The minimum atomic E-state index is -1.32. The number of benzene rings is 1. The third-order valence-electron chi connectivity index (χ3n) is 12.6. The van der Waals surface area contributed by atoms with Crippen molar-refractivity contribution >= 4 is 64.3 Å². The van der Waals surface area contributed by atoms with Gasteiger partial charge in [0.2, 0.25) is 0 Å². The second-order valence-electron chi connectivity index (χ2n) is 18.4. The van der Waals surface area contributed by atoms with Gasteiger partial charge in [0.15, 0.2) is 0 Å². The summed E-state index contributed by atoms with van der Waals surface area (Å²) in [7, 11) is 0. The number of thiophene rings is 4. The number of carboxylic acids is 1. The van der Waals surface area contributed by atoms with Crippen molar-refractivity contribution in [2.75, 3.05) is 0 Å². The van der Waals surface area contributed by atoms with Gasteiger partial charge < -0.3 is 24.4 Å². The van der Waals surface area contributed by atoms with Gasteiger partial charge in [-0.2, -0.15) is 0 Å². The first kappa shape index (κ1) is 58.0. The molecule has 0 saturated heterocycles. The monoisotopic (exact) mass is 1210 g/mol. The fourth-order valence-electron chi connectivity index (χ4n) is 8.69. The number of carbonyl (C=O) groups is 3. The average Bonchev–Trinajstić information content (AvgIpc) is 4.37. The number of rotatable bonds is 23. The molecule has 0 saturated carbocycles. The normalized spacial score (nSPS) is 10.8. The van der Waals surface area contributed by atoms with Gasteiger partial charge >= 0.3 is 19.5 Å². The number of carboxylic acid groups (broad SMARTS) is 1. The van der Waals surface area contributed by atoms with Gasteiger partial charge in [-0.3, -0.25) is 19.6 Å². The van der Waals surface area contributed by atoms with E-state index in [1.54, 1.807) is 12.1 Å². The van der Waals surface area contributed by atoms with Gasteiger partial charge in [-0.25, -0.2) is 9.97 Å². The molecule has 0 aliphatic heterocycles. The van der Waals surface area contributed by atoms with Crippen molar-refractivity contribution in [1.82, 2.24) is 24.9 Å². The van der Waals surface area contributed by atoms with E-state index in [-0.39, 0.29) is 43.0 Å². The molecule has 401 valence electrons. The van der Waals surface area contributed by atoms with Gasteiger partial charge in [0, 0.05) is 81.4 Å². The number of unbranched alkanes of at least 4 members (excludes halogenated alkanes) is 6. The van der Waals surface area contributed by atoms with Crippen molar-refractivity contribution < 1.29 is 48.4 Å². The summed E-state index contributed by atoms with van der Waals surface area (Å²) in [4.78, 5) is 66.3. The molecule has 1 radical (unpaired) electrons. The van der Waals surface area contributed by atoms with Crippen LogP contribution in [0.25, 0.3) is 85.8 Å². The van der Waals surface area contributed by atoms with Crippen LogP contribution in [0.15, 0.2) is 146 Å². The first-order chi connectivity index (χ1) is 38.2.